The second-order valence-corrected chi connectivity index (χ2v) is 7.12. The maximum Gasteiger partial charge on any atom is 0.263 e. The number of benzene rings is 1. The number of nitrogens with one attached hydrogen (secondary N) is 2. The molecule has 0 aliphatic heterocycles. The lowest BCUT2D eigenvalue weighted by Crippen LogP contribution is -2.14. The summed E-state index contributed by atoms with van der Waals surface area (Å²) < 4.78 is 26.8. The van der Waals surface area contributed by atoms with Gasteiger partial charge < -0.3 is 5.32 Å². The zero-order valence-corrected chi connectivity index (χ0v) is 14.4. The fourth-order valence-corrected chi connectivity index (χ4v) is 3.20. The summed E-state index contributed by atoms with van der Waals surface area (Å²) in [5.74, 6) is 0.774. The fraction of sp³-hybridized carbons (Fsp3) is 0.333. The number of rotatable bonds is 8. The van der Waals surface area contributed by atoms with Gasteiger partial charge in [-0.25, -0.2) is 8.42 Å². The van der Waals surface area contributed by atoms with Crippen molar-refractivity contribution in [2.45, 2.75) is 31.1 Å². The van der Waals surface area contributed by atoms with E-state index in [0.717, 1.165) is 25.8 Å². The first-order valence-corrected chi connectivity index (χ1v) is 9.23. The van der Waals surface area contributed by atoms with Gasteiger partial charge in [0.1, 0.15) is 5.82 Å². The van der Waals surface area contributed by atoms with Crippen LogP contribution in [0.4, 0.5) is 11.6 Å². The first-order valence-electron chi connectivity index (χ1n) is 7.37. The molecule has 2 rings (SSSR count). The molecule has 0 aliphatic rings. The highest BCUT2D eigenvalue weighted by molar-refractivity contribution is 7.92. The zero-order valence-electron chi connectivity index (χ0n) is 12.8. The quantitative estimate of drug-likeness (QED) is 0.708. The van der Waals surface area contributed by atoms with Gasteiger partial charge in [-0.2, -0.15) is 0 Å². The summed E-state index contributed by atoms with van der Waals surface area (Å²) in [4.78, 5) is 0.0774. The van der Waals surface area contributed by atoms with Gasteiger partial charge >= 0.3 is 0 Å². The van der Waals surface area contributed by atoms with Crippen molar-refractivity contribution in [2.24, 2.45) is 0 Å². The number of aromatic nitrogens is 2. The van der Waals surface area contributed by atoms with Crippen LogP contribution < -0.4 is 10.0 Å². The molecule has 1 aromatic carbocycles. The lowest BCUT2D eigenvalue weighted by molar-refractivity contribution is 0.601. The summed E-state index contributed by atoms with van der Waals surface area (Å²) in [6.45, 7) is 2.96. The highest BCUT2D eigenvalue weighted by Gasteiger charge is 2.15. The molecule has 0 spiro atoms. The Hall–Kier alpha value is -1.86. The van der Waals surface area contributed by atoms with E-state index in [1.807, 2.05) is 0 Å². The normalized spacial score (nSPS) is 11.2. The molecule has 6 nitrogen and oxygen atoms in total. The molecule has 2 N–H and O–H groups in total. The molecule has 0 saturated heterocycles. The molecule has 0 saturated carbocycles. The second-order valence-electron chi connectivity index (χ2n) is 5.00. The van der Waals surface area contributed by atoms with Crippen LogP contribution >= 0.6 is 11.6 Å². The van der Waals surface area contributed by atoms with Crippen molar-refractivity contribution in [3.05, 3.63) is 41.4 Å². The van der Waals surface area contributed by atoms with Crippen LogP contribution in [0.3, 0.4) is 0 Å². The summed E-state index contributed by atoms with van der Waals surface area (Å²) in [6, 6.07) is 9.28. The van der Waals surface area contributed by atoms with Crippen LogP contribution in [-0.4, -0.2) is 25.2 Å². The summed E-state index contributed by atoms with van der Waals surface area (Å²) >= 11 is 5.82. The van der Waals surface area contributed by atoms with Gasteiger partial charge in [0.25, 0.3) is 10.0 Å². The minimum atomic E-state index is -3.73. The van der Waals surface area contributed by atoms with E-state index >= 15 is 0 Å². The Morgan fingerprint density at radius 2 is 1.83 bits per heavy atom. The Kier molecular flexibility index (Phi) is 6.18. The summed E-state index contributed by atoms with van der Waals surface area (Å²) in [7, 11) is -3.73. The molecule has 1 aromatic heterocycles. The number of nitrogens with zero attached hydrogens (tertiary/aromatic N) is 2. The van der Waals surface area contributed by atoms with Gasteiger partial charge in [-0.15, -0.1) is 10.2 Å². The Morgan fingerprint density at radius 1 is 1.09 bits per heavy atom. The molecule has 0 bridgehead atoms. The molecule has 23 heavy (non-hydrogen) atoms. The molecular weight excluding hydrogens is 336 g/mol. The lowest BCUT2D eigenvalue weighted by Gasteiger charge is -2.08. The van der Waals surface area contributed by atoms with E-state index in [0.29, 0.717) is 10.8 Å². The second kappa shape index (κ2) is 8.12. The first kappa shape index (κ1) is 17.5. The topological polar surface area (TPSA) is 84.0 Å². The standard InChI is InChI=1S/C15H19ClN4O2S/c1-2-3-4-10-17-14-8-9-15(19-18-14)20-23(21,22)13-7-5-6-12(16)11-13/h5-9,11H,2-4,10H2,1H3,(H,17,18)(H,19,20). The number of anilines is 2. The van der Waals surface area contributed by atoms with Gasteiger partial charge in [-0.3, -0.25) is 4.72 Å². The number of halogens is 1. The molecule has 0 unspecified atom stereocenters. The molecule has 0 atom stereocenters. The van der Waals surface area contributed by atoms with Crippen LogP contribution in [0.5, 0.6) is 0 Å². The van der Waals surface area contributed by atoms with E-state index < -0.39 is 10.0 Å². The summed E-state index contributed by atoms with van der Waals surface area (Å²) in [6.07, 6.45) is 3.36. The third-order valence-corrected chi connectivity index (χ3v) is 4.68. The monoisotopic (exact) mass is 354 g/mol. The van der Waals surface area contributed by atoms with E-state index in [4.69, 9.17) is 11.6 Å². The van der Waals surface area contributed by atoms with Crippen LogP contribution in [0.1, 0.15) is 26.2 Å². The van der Waals surface area contributed by atoms with Crippen LogP contribution in [-0.2, 0) is 10.0 Å². The van der Waals surface area contributed by atoms with Gasteiger partial charge in [0.2, 0.25) is 0 Å². The molecule has 0 radical (unpaired) electrons. The van der Waals surface area contributed by atoms with Crippen LogP contribution in [0.2, 0.25) is 5.02 Å². The Bertz CT molecular complexity index is 735. The SMILES string of the molecule is CCCCCNc1ccc(NS(=O)(=O)c2cccc(Cl)c2)nn1. The van der Waals surface area contributed by atoms with Crippen molar-refractivity contribution in [3.63, 3.8) is 0 Å². The minimum absolute atomic E-state index is 0.0774. The Morgan fingerprint density at radius 3 is 2.48 bits per heavy atom. The van der Waals surface area contributed by atoms with Crippen LogP contribution in [0, 0.1) is 0 Å². The van der Waals surface area contributed by atoms with E-state index in [2.05, 4.69) is 27.2 Å². The van der Waals surface area contributed by atoms with Crippen molar-refractivity contribution < 1.29 is 8.42 Å². The van der Waals surface area contributed by atoms with Gasteiger partial charge in [0.05, 0.1) is 4.90 Å². The average Bonchev–Trinajstić information content (AvgIpc) is 2.53. The Labute approximate surface area is 141 Å². The van der Waals surface area contributed by atoms with Crippen molar-refractivity contribution in [2.75, 3.05) is 16.6 Å². The van der Waals surface area contributed by atoms with Crippen LogP contribution in [0.25, 0.3) is 0 Å². The van der Waals surface area contributed by atoms with E-state index in [1.54, 1.807) is 24.3 Å². The molecule has 124 valence electrons. The maximum atomic E-state index is 12.2. The highest BCUT2D eigenvalue weighted by Crippen LogP contribution is 2.18. The van der Waals surface area contributed by atoms with Gasteiger partial charge in [0, 0.05) is 11.6 Å². The Balaban J connectivity index is 2.00. The summed E-state index contributed by atoms with van der Waals surface area (Å²) in [5.41, 5.74) is 0. The van der Waals surface area contributed by atoms with Crippen molar-refractivity contribution in [3.8, 4) is 0 Å². The molecular formula is C15H19ClN4O2S. The number of sulfonamides is 1. The molecule has 0 amide bonds. The first-order chi connectivity index (χ1) is 11.0. The third-order valence-electron chi connectivity index (χ3n) is 3.10. The van der Waals surface area contributed by atoms with Gasteiger partial charge in [-0.05, 0) is 36.8 Å². The number of hydrogen-bond donors (Lipinski definition) is 2. The molecule has 0 aliphatic carbocycles. The zero-order chi connectivity index (χ0) is 16.7. The summed E-state index contributed by atoms with van der Waals surface area (Å²) in [5, 5.41) is 11.3. The maximum absolute atomic E-state index is 12.2. The highest BCUT2D eigenvalue weighted by atomic mass is 35.5. The van der Waals surface area contributed by atoms with E-state index in [-0.39, 0.29) is 10.7 Å². The third kappa shape index (κ3) is 5.37. The molecule has 1 heterocycles. The van der Waals surface area contributed by atoms with Gasteiger partial charge in [0.15, 0.2) is 5.82 Å². The fourth-order valence-electron chi connectivity index (χ4n) is 1.90. The lowest BCUT2D eigenvalue weighted by atomic mass is 10.2. The van der Waals surface area contributed by atoms with E-state index in [1.165, 1.54) is 12.1 Å². The number of unbranched alkanes of at least 4 members (excludes halogenated alkanes) is 2. The predicted molar refractivity (Wildman–Crippen MR) is 92.3 cm³/mol. The van der Waals surface area contributed by atoms with Crippen molar-refractivity contribution >= 4 is 33.3 Å². The molecule has 2 aromatic rings. The van der Waals surface area contributed by atoms with Crippen LogP contribution in [0.15, 0.2) is 41.3 Å². The largest absolute Gasteiger partial charge is 0.369 e. The molecule has 0 fully saturated rings. The van der Waals surface area contributed by atoms with Crippen molar-refractivity contribution in [1.29, 1.82) is 0 Å². The molecule has 8 heteroatoms. The van der Waals surface area contributed by atoms with Crippen molar-refractivity contribution in [1.82, 2.24) is 10.2 Å². The van der Waals surface area contributed by atoms with E-state index in [9.17, 15) is 8.42 Å². The number of hydrogen-bond acceptors (Lipinski definition) is 5. The minimum Gasteiger partial charge on any atom is -0.369 e. The predicted octanol–water partition coefficient (Wildman–Crippen LogP) is 3.53. The van der Waals surface area contributed by atoms with Gasteiger partial charge in [-0.1, -0.05) is 37.4 Å². The average molecular weight is 355 g/mol. The smallest absolute Gasteiger partial charge is 0.263 e.